The Morgan fingerprint density at radius 2 is 1.81 bits per heavy atom. The van der Waals surface area contributed by atoms with Crippen molar-refractivity contribution in [3.63, 3.8) is 0 Å². The van der Waals surface area contributed by atoms with Crippen molar-refractivity contribution in [2.24, 2.45) is 5.41 Å². The third-order valence-electron chi connectivity index (χ3n) is 4.15. The van der Waals surface area contributed by atoms with Gasteiger partial charge in [-0.2, -0.15) is 0 Å². The minimum atomic E-state index is -0.324. The first-order valence-electron chi connectivity index (χ1n) is 6.38. The molecule has 0 heterocycles. The number of rotatable bonds is 3. The van der Waals surface area contributed by atoms with Crippen LogP contribution in [0.15, 0.2) is 0 Å². The molecular weight excluding hydrogens is 204 g/mol. The summed E-state index contributed by atoms with van der Waals surface area (Å²) in [5.74, 6) is 0. The van der Waals surface area contributed by atoms with E-state index in [1.54, 1.807) is 7.11 Å². The van der Waals surface area contributed by atoms with Gasteiger partial charge in [0, 0.05) is 13.5 Å². The number of hydrogen-bond acceptors (Lipinski definition) is 3. The number of methoxy groups -OCH3 is 1. The Labute approximate surface area is 98.1 Å². The summed E-state index contributed by atoms with van der Waals surface area (Å²) in [5, 5.41) is 9.49. The molecule has 0 bridgehead atoms. The monoisotopic (exact) mass is 228 g/mol. The zero-order valence-corrected chi connectivity index (χ0v) is 10.6. The van der Waals surface area contributed by atoms with Gasteiger partial charge in [0.2, 0.25) is 0 Å². The molecule has 2 aliphatic rings. The number of hydrogen-bond donors (Lipinski definition) is 1. The number of ether oxygens (including phenoxy) is 2. The van der Waals surface area contributed by atoms with E-state index in [1.807, 2.05) is 0 Å². The van der Waals surface area contributed by atoms with Crippen LogP contribution in [0, 0.1) is 5.41 Å². The SMILES string of the molecule is COC1C(O)CC1OC1CCC(C)(C)CC1. The molecular formula is C13H24O3. The molecule has 0 aromatic heterocycles. The molecule has 0 spiro atoms. The minimum Gasteiger partial charge on any atom is -0.390 e. The normalized spacial score (nSPS) is 39.4. The maximum absolute atomic E-state index is 9.49. The van der Waals surface area contributed by atoms with Gasteiger partial charge in [-0.1, -0.05) is 13.8 Å². The van der Waals surface area contributed by atoms with Crippen LogP contribution in [-0.4, -0.2) is 36.6 Å². The fourth-order valence-corrected chi connectivity index (χ4v) is 2.76. The van der Waals surface area contributed by atoms with Gasteiger partial charge < -0.3 is 14.6 Å². The quantitative estimate of drug-likeness (QED) is 0.804. The first-order valence-corrected chi connectivity index (χ1v) is 6.38. The van der Waals surface area contributed by atoms with Crippen molar-refractivity contribution < 1.29 is 14.6 Å². The second kappa shape index (κ2) is 4.63. The molecule has 0 amide bonds. The van der Waals surface area contributed by atoms with Gasteiger partial charge in [-0.25, -0.2) is 0 Å². The Hall–Kier alpha value is -0.120. The lowest BCUT2D eigenvalue weighted by Gasteiger charge is -2.43. The van der Waals surface area contributed by atoms with E-state index >= 15 is 0 Å². The van der Waals surface area contributed by atoms with Crippen LogP contribution in [0.25, 0.3) is 0 Å². The van der Waals surface area contributed by atoms with E-state index in [1.165, 1.54) is 12.8 Å². The van der Waals surface area contributed by atoms with E-state index in [-0.39, 0.29) is 18.3 Å². The Balaban J connectivity index is 1.75. The highest BCUT2D eigenvalue weighted by Gasteiger charge is 2.43. The highest BCUT2D eigenvalue weighted by atomic mass is 16.6. The van der Waals surface area contributed by atoms with Gasteiger partial charge in [-0.05, 0) is 31.1 Å². The molecule has 0 saturated heterocycles. The summed E-state index contributed by atoms with van der Waals surface area (Å²) in [7, 11) is 1.65. The maximum atomic E-state index is 9.49. The Kier molecular flexibility index (Phi) is 3.57. The maximum Gasteiger partial charge on any atom is 0.109 e. The van der Waals surface area contributed by atoms with Crippen molar-refractivity contribution in [3.8, 4) is 0 Å². The zero-order chi connectivity index (χ0) is 11.8. The van der Waals surface area contributed by atoms with Crippen LogP contribution in [0.2, 0.25) is 0 Å². The summed E-state index contributed by atoms with van der Waals surface area (Å²) in [4.78, 5) is 0. The molecule has 2 fully saturated rings. The Morgan fingerprint density at radius 1 is 1.19 bits per heavy atom. The van der Waals surface area contributed by atoms with Gasteiger partial charge in [0.05, 0.1) is 18.3 Å². The average Bonchev–Trinajstić information content (AvgIpc) is 2.20. The molecule has 3 heteroatoms. The highest BCUT2D eigenvalue weighted by molar-refractivity contribution is 4.93. The smallest absolute Gasteiger partial charge is 0.109 e. The molecule has 2 saturated carbocycles. The second-order valence-electron chi connectivity index (χ2n) is 6.04. The topological polar surface area (TPSA) is 38.7 Å². The van der Waals surface area contributed by atoms with Crippen LogP contribution in [-0.2, 0) is 9.47 Å². The summed E-state index contributed by atoms with van der Waals surface area (Å²) >= 11 is 0. The fraction of sp³-hybridized carbons (Fsp3) is 1.00. The third kappa shape index (κ3) is 2.58. The van der Waals surface area contributed by atoms with Gasteiger partial charge in [-0.15, -0.1) is 0 Å². The largest absolute Gasteiger partial charge is 0.390 e. The lowest BCUT2D eigenvalue weighted by atomic mass is 9.76. The number of aliphatic hydroxyl groups excluding tert-OH is 1. The van der Waals surface area contributed by atoms with E-state index in [0.29, 0.717) is 11.5 Å². The molecule has 3 unspecified atom stereocenters. The van der Waals surface area contributed by atoms with Gasteiger partial charge >= 0.3 is 0 Å². The fourth-order valence-electron chi connectivity index (χ4n) is 2.76. The van der Waals surface area contributed by atoms with Gasteiger partial charge in [0.25, 0.3) is 0 Å². The summed E-state index contributed by atoms with van der Waals surface area (Å²) in [5.41, 5.74) is 0.486. The lowest BCUT2D eigenvalue weighted by Crippen LogP contribution is -2.54. The molecule has 0 aromatic rings. The molecule has 94 valence electrons. The van der Waals surface area contributed by atoms with Crippen molar-refractivity contribution in [2.75, 3.05) is 7.11 Å². The van der Waals surface area contributed by atoms with Crippen LogP contribution >= 0.6 is 0 Å². The van der Waals surface area contributed by atoms with E-state index in [9.17, 15) is 5.11 Å². The Morgan fingerprint density at radius 3 is 2.31 bits per heavy atom. The predicted octanol–water partition coefficient (Wildman–Crippen LogP) is 2.12. The van der Waals surface area contributed by atoms with Crippen molar-refractivity contribution in [1.29, 1.82) is 0 Å². The zero-order valence-electron chi connectivity index (χ0n) is 10.6. The lowest BCUT2D eigenvalue weighted by molar-refractivity contribution is -0.203. The minimum absolute atomic E-state index is 0.102. The summed E-state index contributed by atoms with van der Waals surface area (Å²) in [6.07, 6.45) is 5.58. The molecule has 3 atom stereocenters. The molecule has 1 N–H and O–H groups in total. The number of aliphatic hydroxyl groups is 1. The van der Waals surface area contributed by atoms with Crippen molar-refractivity contribution in [3.05, 3.63) is 0 Å². The van der Waals surface area contributed by atoms with Gasteiger partial charge in [-0.3, -0.25) is 0 Å². The van der Waals surface area contributed by atoms with Gasteiger partial charge in [0.15, 0.2) is 0 Å². The van der Waals surface area contributed by atoms with Crippen molar-refractivity contribution in [2.45, 2.75) is 70.4 Å². The summed E-state index contributed by atoms with van der Waals surface area (Å²) in [6.45, 7) is 4.66. The molecule has 0 aromatic carbocycles. The van der Waals surface area contributed by atoms with Crippen LogP contribution in [0.5, 0.6) is 0 Å². The van der Waals surface area contributed by atoms with Crippen LogP contribution in [0.1, 0.15) is 46.0 Å². The van der Waals surface area contributed by atoms with E-state index < -0.39 is 0 Å². The van der Waals surface area contributed by atoms with Crippen LogP contribution in [0.4, 0.5) is 0 Å². The second-order valence-corrected chi connectivity index (χ2v) is 6.04. The standard InChI is InChI=1S/C13H24O3/c1-13(2)6-4-9(5-7-13)16-11-8-10(14)12(11)15-3/h9-12,14H,4-8H2,1-3H3. The van der Waals surface area contributed by atoms with E-state index in [0.717, 1.165) is 19.3 Å². The van der Waals surface area contributed by atoms with Crippen molar-refractivity contribution in [1.82, 2.24) is 0 Å². The Bertz CT molecular complexity index is 229. The van der Waals surface area contributed by atoms with Crippen LogP contribution in [0.3, 0.4) is 0 Å². The highest BCUT2D eigenvalue weighted by Crippen LogP contribution is 2.38. The average molecular weight is 228 g/mol. The molecule has 16 heavy (non-hydrogen) atoms. The molecule has 3 nitrogen and oxygen atoms in total. The van der Waals surface area contributed by atoms with Crippen molar-refractivity contribution >= 4 is 0 Å². The van der Waals surface area contributed by atoms with Crippen LogP contribution < -0.4 is 0 Å². The first-order chi connectivity index (χ1) is 7.52. The predicted molar refractivity (Wildman–Crippen MR) is 62.3 cm³/mol. The first kappa shape index (κ1) is 12.3. The molecule has 2 rings (SSSR count). The third-order valence-corrected chi connectivity index (χ3v) is 4.15. The molecule has 0 radical (unpaired) electrons. The van der Waals surface area contributed by atoms with Gasteiger partial charge in [0.1, 0.15) is 6.10 Å². The summed E-state index contributed by atoms with van der Waals surface area (Å²) < 4.78 is 11.2. The molecule has 2 aliphatic carbocycles. The summed E-state index contributed by atoms with van der Waals surface area (Å²) in [6, 6.07) is 0. The van der Waals surface area contributed by atoms with E-state index in [2.05, 4.69) is 13.8 Å². The molecule has 0 aliphatic heterocycles. The van der Waals surface area contributed by atoms with E-state index in [4.69, 9.17) is 9.47 Å².